The van der Waals surface area contributed by atoms with E-state index in [1.165, 1.54) is 0 Å². The van der Waals surface area contributed by atoms with Crippen LogP contribution in [0, 0.1) is 0 Å². The fourth-order valence-corrected chi connectivity index (χ4v) is 10.0. The Kier molecular flexibility index (Phi) is 26.1. The average Bonchev–Trinajstić information content (AvgIpc) is 0.910. The minimum absolute atomic E-state index is 0.0554. The Morgan fingerprint density at radius 3 is 1.32 bits per heavy atom. The van der Waals surface area contributed by atoms with Crippen molar-refractivity contribution in [2.24, 2.45) is 0 Å². The van der Waals surface area contributed by atoms with E-state index in [1.54, 1.807) is 53.4 Å². The van der Waals surface area contributed by atoms with Gasteiger partial charge in [0.15, 0.2) is 13.2 Å². The van der Waals surface area contributed by atoms with E-state index in [0.717, 1.165) is 48.4 Å². The first-order valence-electron chi connectivity index (χ1n) is 31.8. The summed E-state index contributed by atoms with van der Waals surface area (Å²) in [6.45, 7) is 12.1. The molecule has 520 valence electrons. The number of rotatable bonds is 8. The summed E-state index contributed by atoms with van der Waals surface area (Å²) in [5.74, 6) is 1.30. The van der Waals surface area contributed by atoms with Crippen LogP contribution in [-0.4, -0.2) is 211 Å². The highest BCUT2D eigenvalue weighted by Crippen LogP contribution is 2.23. The van der Waals surface area contributed by atoms with Crippen molar-refractivity contribution in [2.45, 2.75) is 76.9 Å². The summed E-state index contributed by atoms with van der Waals surface area (Å²) >= 11 is 0. The lowest BCUT2D eigenvalue weighted by Crippen LogP contribution is -2.52. The van der Waals surface area contributed by atoms with E-state index in [2.05, 4.69) is 66.3 Å². The molecule has 3 amide bonds. The zero-order valence-electron chi connectivity index (χ0n) is 54.1. The Morgan fingerprint density at radius 1 is 0.505 bits per heavy atom. The van der Waals surface area contributed by atoms with Crippen LogP contribution in [0.3, 0.4) is 0 Å². The van der Waals surface area contributed by atoms with Crippen molar-refractivity contribution in [3.8, 4) is 23.5 Å². The summed E-state index contributed by atoms with van der Waals surface area (Å²) in [5, 5.41) is 15.3. The van der Waals surface area contributed by atoms with Crippen LogP contribution in [0.5, 0.6) is 23.5 Å². The molecule has 2 aromatic heterocycles. The standard InChI is InChI=1S/C36H44F3N7O6.C31H36F3N7O4/c1-35(2,3)52-34(48)46-16-14-45(15-17-46)23-29-22-40-31(47)27-10-6-25(7-11-27)20-30-42-32(44-33(43-30)51-24-36(37,38)39)41-21-26-8-12-28(13-9-26)49-18-4-5-19-50-29;32-31(33,34)21-45-30-39-27-17-22-3-7-24(8-4-22)28(42)36-19-26(20-41-13-11-35-12-14-41)44-16-2-1-15-43-25-9-5-23(6-10-25)18-37-29(38-27)40-30/h4-13,29H,14-24H2,1-3H3,(H,40,47)(H,41,42,43,44);1-10,26,35H,11-21H2,(H,36,42)(H,37,38,39,40)/b5-4+;2-1+. The van der Waals surface area contributed by atoms with Gasteiger partial charge in [0.2, 0.25) is 11.9 Å². The fourth-order valence-electron chi connectivity index (χ4n) is 10.0. The average molecular weight is 1360 g/mol. The maximum atomic E-state index is 13.2. The first-order valence-corrected chi connectivity index (χ1v) is 31.8. The fraction of sp³-hybridized carbons (Fsp3) is 0.448. The van der Waals surface area contributed by atoms with Crippen molar-refractivity contribution >= 4 is 29.8 Å². The summed E-state index contributed by atoms with van der Waals surface area (Å²) in [6, 6.07) is 27.5. The van der Waals surface area contributed by atoms with Crippen LogP contribution in [0.4, 0.5) is 43.0 Å². The molecule has 0 radical (unpaired) electrons. The molecule has 10 aliphatic rings. The van der Waals surface area contributed by atoms with Gasteiger partial charge >= 0.3 is 30.5 Å². The number of piperazine rings is 2. The van der Waals surface area contributed by atoms with Crippen molar-refractivity contribution in [3.63, 3.8) is 0 Å². The number of carbonyl (C=O) groups is 3. The molecule has 2 fully saturated rings. The molecule has 2 atom stereocenters. The lowest BCUT2D eigenvalue weighted by atomic mass is 10.1. The lowest BCUT2D eigenvalue weighted by molar-refractivity contribution is -0.155. The van der Waals surface area contributed by atoms with Gasteiger partial charge in [-0.1, -0.05) is 60.7 Å². The number of aromatic nitrogens is 6. The van der Waals surface area contributed by atoms with E-state index in [4.69, 9.17) is 33.2 Å². The number of halogens is 6. The Bertz CT molecular complexity index is 3540. The highest BCUT2D eigenvalue weighted by Gasteiger charge is 2.32. The highest BCUT2D eigenvalue weighted by atomic mass is 19.4. The van der Waals surface area contributed by atoms with Crippen molar-refractivity contribution in [2.75, 3.05) is 129 Å². The third-order valence-corrected chi connectivity index (χ3v) is 15.0. The molecule has 0 spiro atoms. The second-order valence-electron chi connectivity index (χ2n) is 24.0. The Labute approximate surface area is 557 Å². The lowest BCUT2D eigenvalue weighted by Gasteiger charge is -2.37. The quantitative estimate of drug-likeness (QED) is 0.0725. The van der Waals surface area contributed by atoms with Gasteiger partial charge in [0, 0.05) is 116 Å². The van der Waals surface area contributed by atoms with E-state index in [1.807, 2.05) is 93.6 Å². The van der Waals surface area contributed by atoms with Gasteiger partial charge in [0.05, 0.1) is 25.4 Å². The van der Waals surface area contributed by atoms with Crippen molar-refractivity contribution in [1.82, 2.24) is 60.6 Å². The predicted octanol–water partition coefficient (Wildman–Crippen LogP) is 7.62. The number of benzene rings is 4. The number of ether oxygens (including phenoxy) is 7. The van der Waals surface area contributed by atoms with Crippen LogP contribution in [0.2, 0.25) is 0 Å². The molecule has 10 aliphatic heterocycles. The Hall–Kier alpha value is -9.23. The molecule has 30 heteroatoms. The van der Waals surface area contributed by atoms with Gasteiger partial charge in [-0.3, -0.25) is 19.4 Å². The Balaban J connectivity index is 0.000000230. The van der Waals surface area contributed by atoms with Gasteiger partial charge in [-0.15, -0.1) is 0 Å². The molecule has 4 aromatic carbocycles. The van der Waals surface area contributed by atoms with Crippen LogP contribution in [-0.2, 0) is 40.1 Å². The number of anilines is 2. The first-order chi connectivity index (χ1) is 46.6. The van der Waals surface area contributed by atoms with Crippen LogP contribution in [0.15, 0.2) is 121 Å². The maximum absolute atomic E-state index is 13.2. The molecule has 97 heavy (non-hydrogen) atoms. The highest BCUT2D eigenvalue weighted by molar-refractivity contribution is 5.94. The summed E-state index contributed by atoms with van der Waals surface area (Å²) in [4.78, 5) is 69.9. The SMILES string of the molecule is CC(C)(C)OC(=O)N1CCN(CC2CNC(=O)c3ccc(cc3)Cc3nc(nc(OCC(F)(F)F)n3)NCc3ccc(cc3)OC/C=C/CO2)CC1.O=C1NCC(CN2CCNCC2)OC/C=C/COc2ccc(cc2)CNc2nc(nc(OCC(F)(F)F)n2)Cc2ccc1cc2. The summed E-state index contributed by atoms with van der Waals surface area (Å²) in [7, 11) is 0. The predicted molar refractivity (Wildman–Crippen MR) is 346 cm³/mol. The molecular formula is C67H80F6N14O10. The summed E-state index contributed by atoms with van der Waals surface area (Å²) in [5.41, 5.74) is 3.52. The zero-order valence-corrected chi connectivity index (χ0v) is 54.1. The summed E-state index contributed by atoms with van der Waals surface area (Å²) in [6.07, 6.45) is -2.19. The molecular weight excluding hydrogens is 1270 g/mol. The van der Waals surface area contributed by atoms with E-state index >= 15 is 0 Å². The monoisotopic (exact) mass is 1350 g/mol. The maximum Gasteiger partial charge on any atom is 0.422 e. The van der Waals surface area contributed by atoms with Gasteiger partial charge in [-0.2, -0.15) is 56.2 Å². The minimum Gasteiger partial charge on any atom is -0.490 e. The molecule has 5 N–H and O–H groups in total. The van der Waals surface area contributed by atoms with Gasteiger partial charge in [0.1, 0.15) is 42.0 Å². The first kappa shape index (κ1) is 72.0. The van der Waals surface area contributed by atoms with Gasteiger partial charge < -0.3 is 64.6 Å². The van der Waals surface area contributed by atoms with E-state index in [0.29, 0.717) is 101 Å². The van der Waals surface area contributed by atoms with Crippen LogP contribution < -0.4 is 45.5 Å². The van der Waals surface area contributed by atoms with Gasteiger partial charge in [0.25, 0.3) is 11.8 Å². The third-order valence-electron chi connectivity index (χ3n) is 15.0. The largest absolute Gasteiger partial charge is 0.490 e. The Morgan fingerprint density at radius 2 is 0.907 bits per heavy atom. The van der Waals surface area contributed by atoms with E-state index in [-0.39, 0.29) is 79.6 Å². The number of hydrogen-bond acceptors (Lipinski definition) is 21. The van der Waals surface area contributed by atoms with Crippen molar-refractivity contribution in [3.05, 3.63) is 166 Å². The molecule has 12 bridgehead atoms. The number of hydrogen-bond donors (Lipinski definition) is 5. The van der Waals surface area contributed by atoms with Gasteiger partial charge in [-0.05, 0) is 104 Å². The van der Waals surface area contributed by atoms with Crippen LogP contribution in [0.1, 0.15) is 75.4 Å². The van der Waals surface area contributed by atoms with Crippen molar-refractivity contribution in [1.29, 1.82) is 0 Å². The second kappa shape index (κ2) is 35.1. The molecule has 24 nitrogen and oxygen atoms in total. The molecule has 16 rings (SSSR count). The molecule has 0 saturated carbocycles. The molecule has 12 heterocycles. The molecule has 0 aliphatic carbocycles. The number of nitrogens with zero attached hydrogens (tertiary/aromatic N) is 9. The van der Waals surface area contributed by atoms with Crippen LogP contribution in [0.25, 0.3) is 0 Å². The molecule has 6 aromatic rings. The van der Waals surface area contributed by atoms with Crippen molar-refractivity contribution < 1.29 is 73.9 Å². The smallest absolute Gasteiger partial charge is 0.422 e. The van der Waals surface area contributed by atoms with E-state index in [9.17, 15) is 40.7 Å². The van der Waals surface area contributed by atoms with Crippen LogP contribution >= 0.6 is 0 Å². The zero-order chi connectivity index (χ0) is 68.6. The van der Waals surface area contributed by atoms with Gasteiger partial charge in [-0.25, -0.2) is 4.79 Å². The minimum atomic E-state index is -4.57. The van der Waals surface area contributed by atoms with E-state index < -0.39 is 43.2 Å². The number of alkyl halides is 6. The summed E-state index contributed by atoms with van der Waals surface area (Å²) < 4.78 is 116. The third kappa shape index (κ3) is 25.7. The second-order valence-corrected chi connectivity index (χ2v) is 24.0. The normalized spacial score (nSPS) is 19.1. The number of amides is 3. The topological polar surface area (TPSA) is 263 Å². The molecule has 2 saturated heterocycles. The molecule has 2 unspecified atom stereocenters. The number of nitrogens with one attached hydrogen (secondary N) is 5. The number of carbonyl (C=O) groups excluding carboxylic acids is 3.